The Hall–Kier alpha value is -1.45. The van der Waals surface area contributed by atoms with Gasteiger partial charge in [0.2, 0.25) is 0 Å². The van der Waals surface area contributed by atoms with Crippen LogP contribution in [0.1, 0.15) is 34.8 Å². The molecule has 1 atom stereocenters. The van der Waals surface area contributed by atoms with Crippen LogP contribution in [0.15, 0.2) is 34.7 Å². The number of benzene rings is 1. The van der Waals surface area contributed by atoms with Gasteiger partial charge < -0.3 is 9.73 Å². The van der Waals surface area contributed by atoms with Crippen molar-refractivity contribution in [2.24, 2.45) is 0 Å². The van der Waals surface area contributed by atoms with E-state index in [2.05, 4.69) is 5.32 Å². The fourth-order valence-corrected chi connectivity index (χ4v) is 2.10. The topological polar surface area (TPSA) is 42.2 Å². The van der Waals surface area contributed by atoms with Crippen LogP contribution in [0.3, 0.4) is 0 Å². The quantitative estimate of drug-likeness (QED) is 0.913. The lowest BCUT2D eigenvalue weighted by Gasteiger charge is -2.12. The second kappa shape index (κ2) is 5.68. The predicted octanol–water partition coefficient (Wildman–Crippen LogP) is 4.39. The Balaban J connectivity index is 2.15. The van der Waals surface area contributed by atoms with Crippen molar-refractivity contribution >= 4 is 29.1 Å². The summed E-state index contributed by atoms with van der Waals surface area (Å²) < 4.78 is 5.46. The summed E-state index contributed by atoms with van der Waals surface area (Å²) in [5.41, 5.74) is 0.351. The van der Waals surface area contributed by atoms with Crippen molar-refractivity contribution in [2.45, 2.75) is 19.9 Å². The average molecular weight is 298 g/mol. The molecule has 0 fully saturated rings. The maximum absolute atomic E-state index is 12.1. The first-order valence-electron chi connectivity index (χ1n) is 5.80. The lowest BCUT2D eigenvalue weighted by atomic mass is 10.2. The molecule has 0 aliphatic heterocycles. The van der Waals surface area contributed by atoms with E-state index in [9.17, 15) is 4.79 Å². The summed E-state index contributed by atoms with van der Waals surface area (Å²) in [7, 11) is 0. The molecule has 100 valence electrons. The molecule has 1 aromatic carbocycles. The van der Waals surface area contributed by atoms with Crippen LogP contribution < -0.4 is 5.32 Å². The summed E-state index contributed by atoms with van der Waals surface area (Å²) in [4.78, 5) is 12.1. The largest absolute Gasteiger partial charge is 0.464 e. The lowest BCUT2D eigenvalue weighted by Crippen LogP contribution is -2.26. The molecule has 2 aromatic rings. The number of hydrogen-bond donors (Lipinski definition) is 1. The lowest BCUT2D eigenvalue weighted by molar-refractivity contribution is 0.0935. The van der Waals surface area contributed by atoms with Crippen LogP contribution in [0.4, 0.5) is 0 Å². The SMILES string of the molecule is Cc1ccc(C(C)NC(=O)c2cccc(Cl)c2Cl)o1. The average Bonchev–Trinajstić information content (AvgIpc) is 2.79. The van der Waals surface area contributed by atoms with Gasteiger partial charge in [0.25, 0.3) is 5.91 Å². The van der Waals surface area contributed by atoms with Gasteiger partial charge in [-0.3, -0.25) is 4.79 Å². The third kappa shape index (κ3) is 3.11. The third-order valence-corrected chi connectivity index (χ3v) is 3.55. The molecule has 3 nitrogen and oxygen atoms in total. The second-order valence-electron chi connectivity index (χ2n) is 4.24. The van der Waals surface area contributed by atoms with Crippen molar-refractivity contribution < 1.29 is 9.21 Å². The Morgan fingerprint density at radius 3 is 2.63 bits per heavy atom. The highest BCUT2D eigenvalue weighted by atomic mass is 35.5. The van der Waals surface area contributed by atoms with Gasteiger partial charge in [-0.1, -0.05) is 29.3 Å². The van der Waals surface area contributed by atoms with Gasteiger partial charge in [-0.05, 0) is 38.1 Å². The monoisotopic (exact) mass is 297 g/mol. The molecule has 1 heterocycles. The molecular formula is C14H13Cl2NO2. The Morgan fingerprint density at radius 2 is 2.00 bits per heavy atom. The van der Waals surface area contributed by atoms with Crippen molar-refractivity contribution in [1.29, 1.82) is 0 Å². The van der Waals surface area contributed by atoms with Crippen LogP contribution in [0, 0.1) is 6.92 Å². The van der Waals surface area contributed by atoms with Gasteiger partial charge in [-0.15, -0.1) is 0 Å². The highest BCUT2D eigenvalue weighted by Gasteiger charge is 2.17. The minimum atomic E-state index is -0.283. The van der Waals surface area contributed by atoms with Gasteiger partial charge >= 0.3 is 0 Å². The van der Waals surface area contributed by atoms with E-state index in [1.54, 1.807) is 18.2 Å². The molecule has 1 unspecified atom stereocenters. The normalized spacial score (nSPS) is 12.2. The first kappa shape index (κ1) is 14.0. The van der Waals surface area contributed by atoms with Crippen LogP contribution in [-0.4, -0.2) is 5.91 Å². The van der Waals surface area contributed by atoms with Crippen molar-refractivity contribution in [3.63, 3.8) is 0 Å². The minimum absolute atomic E-state index is 0.240. The first-order chi connectivity index (χ1) is 8.99. The van der Waals surface area contributed by atoms with E-state index < -0.39 is 0 Å². The number of halogens is 2. The van der Waals surface area contributed by atoms with Crippen LogP contribution >= 0.6 is 23.2 Å². The zero-order chi connectivity index (χ0) is 14.0. The van der Waals surface area contributed by atoms with E-state index in [0.717, 1.165) is 5.76 Å². The molecule has 0 aliphatic rings. The van der Waals surface area contributed by atoms with Crippen LogP contribution in [0.5, 0.6) is 0 Å². The number of furan rings is 1. The zero-order valence-electron chi connectivity index (χ0n) is 10.5. The van der Waals surface area contributed by atoms with Gasteiger partial charge in [-0.2, -0.15) is 0 Å². The van der Waals surface area contributed by atoms with E-state index in [1.807, 2.05) is 26.0 Å². The molecule has 1 amide bonds. The fourth-order valence-electron chi connectivity index (χ4n) is 1.71. The highest BCUT2D eigenvalue weighted by Crippen LogP contribution is 2.26. The van der Waals surface area contributed by atoms with Gasteiger partial charge in [-0.25, -0.2) is 0 Å². The maximum Gasteiger partial charge on any atom is 0.253 e. The molecule has 0 radical (unpaired) electrons. The number of rotatable bonds is 3. The summed E-state index contributed by atoms with van der Waals surface area (Å²) in [6.45, 7) is 3.69. The Morgan fingerprint density at radius 1 is 1.26 bits per heavy atom. The van der Waals surface area contributed by atoms with Crippen LogP contribution in [0.25, 0.3) is 0 Å². The molecular weight excluding hydrogens is 285 g/mol. The number of carbonyl (C=O) groups excluding carboxylic acids is 1. The smallest absolute Gasteiger partial charge is 0.253 e. The number of nitrogens with one attached hydrogen (secondary N) is 1. The van der Waals surface area contributed by atoms with Crippen molar-refractivity contribution in [2.75, 3.05) is 0 Å². The molecule has 0 spiro atoms. The first-order valence-corrected chi connectivity index (χ1v) is 6.56. The molecule has 0 bridgehead atoms. The molecule has 0 aliphatic carbocycles. The van der Waals surface area contributed by atoms with E-state index in [1.165, 1.54) is 0 Å². The molecule has 0 saturated heterocycles. The summed E-state index contributed by atoms with van der Waals surface area (Å²) in [5.74, 6) is 1.22. The van der Waals surface area contributed by atoms with Gasteiger partial charge in [0, 0.05) is 0 Å². The summed E-state index contributed by atoms with van der Waals surface area (Å²) in [6.07, 6.45) is 0. The summed E-state index contributed by atoms with van der Waals surface area (Å²) in [5, 5.41) is 3.43. The van der Waals surface area contributed by atoms with Crippen molar-refractivity contribution in [1.82, 2.24) is 5.32 Å². The van der Waals surface area contributed by atoms with Crippen LogP contribution in [-0.2, 0) is 0 Å². The zero-order valence-corrected chi connectivity index (χ0v) is 12.0. The minimum Gasteiger partial charge on any atom is -0.464 e. The second-order valence-corrected chi connectivity index (χ2v) is 5.03. The summed E-state index contributed by atoms with van der Waals surface area (Å²) >= 11 is 11.9. The molecule has 1 N–H and O–H groups in total. The molecule has 5 heteroatoms. The van der Waals surface area contributed by atoms with Crippen molar-refractivity contribution in [3.8, 4) is 0 Å². The predicted molar refractivity (Wildman–Crippen MR) is 75.8 cm³/mol. The summed E-state index contributed by atoms with van der Waals surface area (Å²) in [6, 6.07) is 8.40. The van der Waals surface area contributed by atoms with E-state index in [0.29, 0.717) is 16.3 Å². The Labute approximate surface area is 121 Å². The number of carbonyl (C=O) groups is 1. The Bertz CT molecular complexity index is 607. The molecule has 2 rings (SSSR count). The van der Waals surface area contributed by atoms with Gasteiger partial charge in [0.15, 0.2) is 0 Å². The molecule has 0 saturated carbocycles. The highest BCUT2D eigenvalue weighted by molar-refractivity contribution is 6.43. The van der Waals surface area contributed by atoms with Gasteiger partial charge in [0.1, 0.15) is 11.5 Å². The number of hydrogen-bond acceptors (Lipinski definition) is 2. The van der Waals surface area contributed by atoms with E-state index in [-0.39, 0.29) is 17.0 Å². The number of amides is 1. The third-order valence-electron chi connectivity index (χ3n) is 2.73. The Kier molecular flexibility index (Phi) is 4.17. The van der Waals surface area contributed by atoms with Crippen LogP contribution in [0.2, 0.25) is 10.0 Å². The maximum atomic E-state index is 12.1. The van der Waals surface area contributed by atoms with E-state index >= 15 is 0 Å². The van der Waals surface area contributed by atoms with E-state index in [4.69, 9.17) is 27.6 Å². The fraction of sp³-hybridized carbons (Fsp3) is 0.214. The molecule has 19 heavy (non-hydrogen) atoms. The standard InChI is InChI=1S/C14H13Cl2NO2/c1-8-6-7-12(19-8)9(2)17-14(18)10-4-3-5-11(15)13(10)16/h3-7,9H,1-2H3,(H,17,18). The van der Waals surface area contributed by atoms with Gasteiger partial charge in [0.05, 0.1) is 21.7 Å². The van der Waals surface area contributed by atoms with Crippen molar-refractivity contribution in [3.05, 3.63) is 57.5 Å². The number of aryl methyl sites for hydroxylation is 1. The molecule has 1 aromatic heterocycles.